The molecule has 1 N–H and O–H groups in total. The Morgan fingerprint density at radius 3 is 2.61 bits per heavy atom. The summed E-state index contributed by atoms with van der Waals surface area (Å²) in [6.07, 6.45) is 1.46. The van der Waals surface area contributed by atoms with Gasteiger partial charge >= 0.3 is 0 Å². The van der Waals surface area contributed by atoms with Crippen LogP contribution in [0.15, 0.2) is 23.1 Å². The van der Waals surface area contributed by atoms with Crippen molar-refractivity contribution in [3.05, 3.63) is 29.8 Å². The van der Waals surface area contributed by atoms with Crippen molar-refractivity contribution in [2.24, 2.45) is 0 Å². The highest BCUT2D eigenvalue weighted by Crippen LogP contribution is 2.15. The van der Waals surface area contributed by atoms with Crippen LogP contribution in [0.4, 0.5) is 8.78 Å². The zero-order valence-corrected chi connectivity index (χ0v) is 12.2. The minimum absolute atomic E-state index is 0.197. The third-order valence-corrected chi connectivity index (χ3v) is 4.98. The average Bonchev–Trinajstić information content (AvgIpc) is 2.27. The van der Waals surface area contributed by atoms with E-state index in [-0.39, 0.29) is 11.4 Å². The summed E-state index contributed by atoms with van der Waals surface area (Å²) in [6, 6.07) is 2.38. The summed E-state index contributed by atoms with van der Waals surface area (Å²) in [5, 5.41) is 0. The van der Waals surface area contributed by atoms with Gasteiger partial charge in [0, 0.05) is 17.4 Å². The predicted molar refractivity (Wildman–Crippen MR) is 69.2 cm³/mol. The Kier molecular flexibility index (Phi) is 5.68. The molecule has 0 aromatic heterocycles. The molecule has 0 aliphatic heterocycles. The van der Waals surface area contributed by atoms with E-state index in [1.54, 1.807) is 0 Å². The number of nitrogens with one attached hydrogen (secondary N) is 1. The van der Waals surface area contributed by atoms with Crippen molar-refractivity contribution in [3.8, 4) is 0 Å². The number of rotatable bonds is 6. The maximum absolute atomic E-state index is 13.3. The van der Waals surface area contributed by atoms with Crippen molar-refractivity contribution in [1.29, 1.82) is 0 Å². The van der Waals surface area contributed by atoms with Gasteiger partial charge in [-0.15, -0.1) is 0 Å². The topological polar surface area (TPSA) is 46.2 Å². The molecule has 1 rings (SSSR count). The molecule has 0 aliphatic carbocycles. The van der Waals surface area contributed by atoms with Crippen molar-refractivity contribution >= 4 is 26.0 Å². The molecule has 0 spiro atoms. The maximum Gasteiger partial charge on any atom is 0.243 e. The molecule has 18 heavy (non-hydrogen) atoms. The molecule has 0 saturated carbocycles. The van der Waals surface area contributed by atoms with E-state index >= 15 is 0 Å². The van der Waals surface area contributed by atoms with Crippen molar-refractivity contribution < 1.29 is 17.2 Å². The van der Waals surface area contributed by atoms with Gasteiger partial charge < -0.3 is 0 Å². The van der Waals surface area contributed by atoms with E-state index in [0.717, 1.165) is 18.6 Å². The monoisotopic (exact) mass is 341 g/mol. The van der Waals surface area contributed by atoms with Crippen LogP contribution in [0.25, 0.3) is 0 Å². The van der Waals surface area contributed by atoms with Crippen LogP contribution in [0.1, 0.15) is 19.8 Å². The minimum Gasteiger partial charge on any atom is -0.211 e. The summed E-state index contributed by atoms with van der Waals surface area (Å²) in [7, 11) is -3.92. The Morgan fingerprint density at radius 1 is 1.39 bits per heavy atom. The first-order valence-corrected chi connectivity index (χ1v) is 7.85. The zero-order chi connectivity index (χ0) is 13.8. The summed E-state index contributed by atoms with van der Waals surface area (Å²) in [6.45, 7) is 2.16. The van der Waals surface area contributed by atoms with Gasteiger partial charge in [-0.05, 0) is 25.0 Å². The normalized spacial score (nSPS) is 13.6. The quantitative estimate of drug-likeness (QED) is 0.808. The van der Waals surface area contributed by atoms with E-state index in [4.69, 9.17) is 0 Å². The molecule has 1 aromatic carbocycles. The summed E-state index contributed by atoms with van der Waals surface area (Å²) in [4.78, 5) is -0.329. The van der Waals surface area contributed by atoms with Gasteiger partial charge in [0.05, 0.1) is 0 Å². The average molecular weight is 342 g/mol. The molecular weight excluding hydrogens is 328 g/mol. The first-order chi connectivity index (χ1) is 8.36. The number of halogens is 3. The van der Waals surface area contributed by atoms with Crippen LogP contribution in [0.5, 0.6) is 0 Å². The van der Waals surface area contributed by atoms with Crippen LogP contribution in [0, 0.1) is 11.6 Å². The van der Waals surface area contributed by atoms with Crippen LogP contribution in [-0.2, 0) is 10.0 Å². The van der Waals surface area contributed by atoms with Crippen LogP contribution in [0.3, 0.4) is 0 Å². The van der Waals surface area contributed by atoms with E-state index in [1.807, 2.05) is 6.92 Å². The fourth-order valence-electron chi connectivity index (χ4n) is 1.32. The molecule has 102 valence electrons. The second-order valence-corrected chi connectivity index (χ2v) is 6.80. The Labute approximate surface area is 114 Å². The van der Waals surface area contributed by atoms with E-state index < -0.39 is 26.6 Å². The Bertz CT molecular complexity index is 508. The number of alkyl halides is 1. The second kappa shape index (κ2) is 6.58. The highest BCUT2D eigenvalue weighted by atomic mass is 79.9. The van der Waals surface area contributed by atoms with Gasteiger partial charge in [0.2, 0.25) is 10.0 Å². The SMILES string of the molecule is CCC(Br)CCNS(=O)(=O)c1ccc(F)cc1F. The second-order valence-electron chi connectivity index (χ2n) is 3.77. The van der Waals surface area contributed by atoms with E-state index in [2.05, 4.69) is 20.7 Å². The molecule has 1 unspecified atom stereocenters. The van der Waals surface area contributed by atoms with Gasteiger partial charge in [-0.25, -0.2) is 21.9 Å². The standard InChI is InChI=1S/C11H14BrF2NO2S/c1-2-8(12)5-6-15-18(16,17)11-4-3-9(13)7-10(11)14/h3-4,7-8,15H,2,5-6H2,1H3. The molecule has 1 aromatic rings. The van der Waals surface area contributed by atoms with Gasteiger partial charge in [0.25, 0.3) is 0 Å². The van der Waals surface area contributed by atoms with Crippen molar-refractivity contribution in [2.45, 2.75) is 29.5 Å². The Morgan fingerprint density at radius 2 is 2.06 bits per heavy atom. The molecule has 3 nitrogen and oxygen atoms in total. The summed E-state index contributed by atoms with van der Waals surface area (Å²) in [5.41, 5.74) is 0. The van der Waals surface area contributed by atoms with Crippen molar-refractivity contribution in [1.82, 2.24) is 4.72 Å². The fraction of sp³-hybridized carbons (Fsp3) is 0.455. The minimum atomic E-state index is -3.92. The molecule has 0 fully saturated rings. The van der Waals surface area contributed by atoms with Crippen LogP contribution in [-0.4, -0.2) is 19.8 Å². The first-order valence-electron chi connectivity index (χ1n) is 5.45. The maximum atomic E-state index is 13.3. The lowest BCUT2D eigenvalue weighted by Crippen LogP contribution is -2.27. The number of sulfonamides is 1. The van der Waals surface area contributed by atoms with Crippen LogP contribution >= 0.6 is 15.9 Å². The third-order valence-electron chi connectivity index (χ3n) is 2.38. The molecule has 0 saturated heterocycles. The van der Waals surface area contributed by atoms with E-state index in [0.29, 0.717) is 12.5 Å². The molecule has 0 heterocycles. The Balaban J connectivity index is 2.74. The largest absolute Gasteiger partial charge is 0.243 e. The fourth-order valence-corrected chi connectivity index (χ4v) is 2.66. The van der Waals surface area contributed by atoms with Crippen LogP contribution in [0.2, 0.25) is 0 Å². The highest BCUT2D eigenvalue weighted by molar-refractivity contribution is 9.09. The molecule has 0 aliphatic rings. The van der Waals surface area contributed by atoms with E-state index in [1.165, 1.54) is 0 Å². The predicted octanol–water partition coefficient (Wildman–Crippen LogP) is 2.81. The van der Waals surface area contributed by atoms with Crippen molar-refractivity contribution in [3.63, 3.8) is 0 Å². The first kappa shape index (κ1) is 15.5. The van der Waals surface area contributed by atoms with Crippen LogP contribution < -0.4 is 4.72 Å². The Hall–Kier alpha value is -0.530. The summed E-state index contributed by atoms with van der Waals surface area (Å²) < 4.78 is 51.8. The van der Waals surface area contributed by atoms with Gasteiger partial charge in [-0.3, -0.25) is 0 Å². The smallest absolute Gasteiger partial charge is 0.211 e. The lowest BCUT2D eigenvalue weighted by Gasteiger charge is -2.09. The van der Waals surface area contributed by atoms with Gasteiger partial charge in [0.15, 0.2) is 0 Å². The lowest BCUT2D eigenvalue weighted by atomic mass is 10.2. The lowest BCUT2D eigenvalue weighted by molar-refractivity contribution is 0.542. The number of hydrogen-bond acceptors (Lipinski definition) is 2. The molecule has 1 atom stereocenters. The molecule has 0 amide bonds. The van der Waals surface area contributed by atoms with Gasteiger partial charge in [0.1, 0.15) is 16.5 Å². The highest BCUT2D eigenvalue weighted by Gasteiger charge is 2.19. The zero-order valence-electron chi connectivity index (χ0n) is 9.79. The molecule has 0 radical (unpaired) electrons. The summed E-state index contributed by atoms with van der Waals surface area (Å²) in [5.74, 6) is -1.90. The van der Waals surface area contributed by atoms with Gasteiger partial charge in [-0.2, -0.15) is 0 Å². The molecular formula is C11H14BrF2NO2S. The van der Waals surface area contributed by atoms with E-state index in [9.17, 15) is 17.2 Å². The van der Waals surface area contributed by atoms with Gasteiger partial charge in [-0.1, -0.05) is 22.9 Å². The van der Waals surface area contributed by atoms with Crippen molar-refractivity contribution in [2.75, 3.05) is 6.54 Å². The molecule has 7 heteroatoms. The molecule has 0 bridgehead atoms. The number of hydrogen-bond donors (Lipinski definition) is 1. The number of benzene rings is 1. The third kappa shape index (κ3) is 4.29. The summed E-state index contributed by atoms with van der Waals surface area (Å²) >= 11 is 3.37.